The van der Waals surface area contributed by atoms with Gasteiger partial charge in [0.2, 0.25) is 15.9 Å². The van der Waals surface area contributed by atoms with Crippen molar-refractivity contribution in [3.63, 3.8) is 0 Å². The first-order chi connectivity index (χ1) is 8.40. The Labute approximate surface area is 105 Å². The summed E-state index contributed by atoms with van der Waals surface area (Å²) >= 11 is 0. The third-order valence-corrected chi connectivity index (χ3v) is 5.31. The largest absolute Gasteiger partial charge is 0.481 e. The highest BCUT2D eigenvalue weighted by atomic mass is 32.2. The molecule has 0 spiro atoms. The van der Waals surface area contributed by atoms with Gasteiger partial charge in [-0.2, -0.15) is 4.31 Å². The molecule has 18 heavy (non-hydrogen) atoms. The molecule has 2 saturated heterocycles. The van der Waals surface area contributed by atoms with Gasteiger partial charge in [-0.15, -0.1) is 0 Å². The smallest absolute Gasteiger partial charge is 0.308 e. The molecule has 8 heteroatoms. The number of carboxylic acids is 1. The lowest BCUT2D eigenvalue weighted by molar-refractivity contribution is -0.141. The Kier molecular flexibility index (Phi) is 3.58. The van der Waals surface area contributed by atoms with Crippen molar-refractivity contribution in [2.45, 2.75) is 12.8 Å². The molecule has 0 aliphatic carbocycles. The Hall–Kier alpha value is -1.15. The molecular formula is C10H16N2O5S. The second-order valence-electron chi connectivity index (χ2n) is 4.67. The van der Waals surface area contributed by atoms with E-state index in [4.69, 9.17) is 5.11 Å². The fraction of sp³-hybridized carbons (Fsp3) is 0.800. The van der Waals surface area contributed by atoms with E-state index in [1.54, 1.807) is 0 Å². The van der Waals surface area contributed by atoms with Crippen molar-refractivity contribution in [3.8, 4) is 0 Å². The molecule has 0 radical (unpaired) electrons. The molecule has 102 valence electrons. The normalized spacial score (nSPS) is 27.6. The van der Waals surface area contributed by atoms with Gasteiger partial charge >= 0.3 is 5.97 Å². The summed E-state index contributed by atoms with van der Waals surface area (Å²) in [7, 11) is -3.27. The third kappa shape index (κ3) is 2.64. The number of hydrogen-bond acceptors (Lipinski definition) is 4. The SMILES string of the molecule is O=C(O)C1CCN(C(=O)CN2CCCS2(=O)=O)C1. The van der Waals surface area contributed by atoms with Crippen LogP contribution in [0.4, 0.5) is 0 Å². The fourth-order valence-electron chi connectivity index (χ4n) is 2.31. The number of carbonyl (C=O) groups is 2. The summed E-state index contributed by atoms with van der Waals surface area (Å²) in [6, 6.07) is 0. The Morgan fingerprint density at radius 3 is 2.50 bits per heavy atom. The number of likely N-dealkylation sites (tertiary alicyclic amines) is 1. The average Bonchev–Trinajstić information content (AvgIpc) is 2.86. The first-order valence-electron chi connectivity index (χ1n) is 5.88. The lowest BCUT2D eigenvalue weighted by atomic mass is 10.1. The van der Waals surface area contributed by atoms with Gasteiger partial charge in [0.05, 0.1) is 18.2 Å². The molecule has 1 amide bonds. The number of hydrogen-bond donors (Lipinski definition) is 1. The van der Waals surface area contributed by atoms with Gasteiger partial charge < -0.3 is 10.0 Å². The summed E-state index contributed by atoms with van der Waals surface area (Å²) in [5.74, 6) is -1.63. The number of amides is 1. The maximum atomic E-state index is 11.9. The summed E-state index contributed by atoms with van der Waals surface area (Å²) in [4.78, 5) is 24.1. The van der Waals surface area contributed by atoms with Crippen molar-refractivity contribution in [2.75, 3.05) is 31.9 Å². The molecule has 2 rings (SSSR count). The van der Waals surface area contributed by atoms with Crippen molar-refractivity contribution in [1.29, 1.82) is 0 Å². The van der Waals surface area contributed by atoms with E-state index >= 15 is 0 Å². The van der Waals surface area contributed by atoms with Crippen LogP contribution in [0, 0.1) is 5.92 Å². The molecule has 1 N–H and O–H groups in total. The Balaban J connectivity index is 1.92. The zero-order chi connectivity index (χ0) is 13.3. The molecule has 0 aromatic carbocycles. The van der Waals surface area contributed by atoms with E-state index in [1.807, 2.05) is 0 Å². The first kappa shape index (κ1) is 13.3. The zero-order valence-corrected chi connectivity index (χ0v) is 10.7. The maximum absolute atomic E-state index is 11.9. The number of rotatable bonds is 3. The Morgan fingerprint density at radius 1 is 1.28 bits per heavy atom. The van der Waals surface area contributed by atoms with Crippen molar-refractivity contribution in [3.05, 3.63) is 0 Å². The monoisotopic (exact) mass is 276 g/mol. The van der Waals surface area contributed by atoms with Crippen LogP contribution in [0.15, 0.2) is 0 Å². The van der Waals surface area contributed by atoms with E-state index in [0.717, 1.165) is 0 Å². The highest BCUT2D eigenvalue weighted by Crippen LogP contribution is 2.18. The summed E-state index contributed by atoms with van der Waals surface area (Å²) in [6.07, 6.45) is 0.987. The van der Waals surface area contributed by atoms with Crippen LogP contribution in [0.1, 0.15) is 12.8 Å². The number of carbonyl (C=O) groups excluding carboxylic acids is 1. The van der Waals surface area contributed by atoms with Crippen LogP contribution in [0.3, 0.4) is 0 Å². The lowest BCUT2D eigenvalue weighted by Crippen LogP contribution is -2.40. The van der Waals surface area contributed by atoms with Crippen LogP contribution in [0.5, 0.6) is 0 Å². The second-order valence-corrected chi connectivity index (χ2v) is 6.76. The third-order valence-electron chi connectivity index (χ3n) is 3.41. The van der Waals surface area contributed by atoms with Crippen LogP contribution in [0.2, 0.25) is 0 Å². The van der Waals surface area contributed by atoms with E-state index in [2.05, 4.69) is 0 Å². The number of sulfonamides is 1. The Bertz CT molecular complexity index is 461. The zero-order valence-electron chi connectivity index (χ0n) is 9.91. The van der Waals surface area contributed by atoms with Crippen LogP contribution in [0.25, 0.3) is 0 Å². The van der Waals surface area contributed by atoms with Crippen LogP contribution < -0.4 is 0 Å². The fourth-order valence-corrected chi connectivity index (χ4v) is 3.77. The highest BCUT2D eigenvalue weighted by molar-refractivity contribution is 7.89. The molecule has 1 atom stereocenters. The molecule has 2 aliphatic rings. The van der Waals surface area contributed by atoms with Crippen LogP contribution in [-0.2, 0) is 19.6 Å². The molecule has 7 nitrogen and oxygen atoms in total. The molecule has 0 aromatic rings. The van der Waals surface area contributed by atoms with Gasteiger partial charge in [0.15, 0.2) is 0 Å². The first-order valence-corrected chi connectivity index (χ1v) is 7.49. The van der Waals surface area contributed by atoms with E-state index in [1.165, 1.54) is 9.21 Å². The summed E-state index contributed by atoms with van der Waals surface area (Å²) in [6.45, 7) is 0.796. The lowest BCUT2D eigenvalue weighted by Gasteiger charge is -2.20. The molecule has 1 unspecified atom stereocenters. The van der Waals surface area contributed by atoms with E-state index in [0.29, 0.717) is 25.9 Å². The van der Waals surface area contributed by atoms with Gasteiger partial charge in [-0.1, -0.05) is 0 Å². The Morgan fingerprint density at radius 2 is 2.00 bits per heavy atom. The summed E-state index contributed by atoms with van der Waals surface area (Å²) < 4.78 is 24.3. The molecule has 2 heterocycles. The minimum atomic E-state index is -3.27. The molecule has 0 saturated carbocycles. The predicted molar refractivity (Wildman–Crippen MR) is 62.3 cm³/mol. The van der Waals surface area contributed by atoms with Gasteiger partial charge in [0, 0.05) is 19.6 Å². The van der Waals surface area contributed by atoms with E-state index < -0.39 is 21.9 Å². The molecule has 0 aromatic heterocycles. The minimum Gasteiger partial charge on any atom is -0.481 e. The average molecular weight is 276 g/mol. The van der Waals surface area contributed by atoms with Gasteiger partial charge in [0.25, 0.3) is 0 Å². The topological polar surface area (TPSA) is 95.0 Å². The number of carboxylic acid groups (broad SMARTS) is 1. The van der Waals surface area contributed by atoms with Gasteiger partial charge in [0.1, 0.15) is 0 Å². The second kappa shape index (κ2) is 4.85. The molecule has 2 aliphatic heterocycles. The van der Waals surface area contributed by atoms with Crippen LogP contribution >= 0.6 is 0 Å². The molecule has 0 bridgehead atoms. The number of aliphatic carboxylic acids is 1. The van der Waals surface area contributed by atoms with Gasteiger partial charge in [-0.25, -0.2) is 8.42 Å². The van der Waals surface area contributed by atoms with E-state index in [9.17, 15) is 18.0 Å². The van der Waals surface area contributed by atoms with Gasteiger partial charge in [-0.05, 0) is 12.8 Å². The minimum absolute atomic E-state index is 0.0953. The predicted octanol–water partition coefficient (Wildman–Crippen LogP) is -1.04. The van der Waals surface area contributed by atoms with Crippen LogP contribution in [-0.4, -0.2) is 66.5 Å². The summed E-state index contributed by atoms with van der Waals surface area (Å²) in [5, 5.41) is 8.84. The maximum Gasteiger partial charge on any atom is 0.308 e. The van der Waals surface area contributed by atoms with Gasteiger partial charge in [-0.3, -0.25) is 9.59 Å². The van der Waals surface area contributed by atoms with Crippen molar-refractivity contribution < 1.29 is 23.1 Å². The molecular weight excluding hydrogens is 260 g/mol. The molecule has 2 fully saturated rings. The van der Waals surface area contributed by atoms with Crippen molar-refractivity contribution in [2.24, 2.45) is 5.92 Å². The quantitative estimate of drug-likeness (QED) is 0.710. The summed E-state index contributed by atoms with van der Waals surface area (Å²) in [5.41, 5.74) is 0. The number of nitrogens with zero attached hydrogens (tertiary/aromatic N) is 2. The van der Waals surface area contributed by atoms with E-state index in [-0.39, 0.29) is 24.7 Å². The van der Waals surface area contributed by atoms with Crippen molar-refractivity contribution in [1.82, 2.24) is 9.21 Å². The van der Waals surface area contributed by atoms with Crippen molar-refractivity contribution >= 4 is 21.9 Å². The highest BCUT2D eigenvalue weighted by Gasteiger charge is 2.35. The standard InChI is InChI=1S/C10H16N2O5S/c13-9(7-12-3-1-5-18(12,16)17)11-4-2-8(6-11)10(14)15/h8H,1-7H2,(H,14,15).